The van der Waals surface area contributed by atoms with Crippen molar-refractivity contribution in [3.05, 3.63) is 84.1 Å². The molecule has 0 unspecified atom stereocenters. The van der Waals surface area contributed by atoms with Crippen LogP contribution in [-0.4, -0.2) is 16.1 Å². The molecule has 0 aliphatic heterocycles. The fraction of sp³-hybridized carbons (Fsp3) is 0.0952. The lowest BCUT2D eigenvalue weighted by Gasteiger charge is -2.06. The molecule has 7 heteroatoms. The van der Waals surface area contributed by atoms with Crippen LogP contribution in [0.1, 0.15) is 21.8 Å². The van der Waals surface area contributed by atoms with Crippen molar-refractivity contribution in [1.82, 2.24) is 10.2 Å². The number of anilines is 1. The van der Waals surface area contributed by atoms with Crippen LogP contribution in [0.15, 0.2) is 76.0 Å². The van der Waals surface area contributed by atoms with E-state index in [0.29, 0.717) is 28.8 Å². The molecule has 7 nitrogen and oxygen atoms in total. The first-order chi connectivity index (χ1) is 13.7. The largest absolute Gasteiger partial charge is 0.484 e. The van der Waals surface area contributed by atoms with Crippen molar-refractivity contribution in [1.29, 1.82) is 0 Å². The number of aryl methyl sites for hydroxylation is 1. The lowest BCUT2D eigenvalue weighted by molar-refractivity contribution is 0.102. The summed E-state index contributed by atoms with van der Waals surface area (Å²) in [5.41, 5.74) is 3.07. The zero-order chi connectivity index (χ0) is 19.3. The second kappa shape index (κ2) is 7.79. The number of benzene rings is 2. The number of carbonyl (C=O) groups is 1. The van der Waals surface area contributed by atoms with Gasteiger partial charge in [0.2, 0.25) is 5.89 Å². The highest BCUT2D eigenvalue weighted by molar-refractivity contribution is 6.03. The van der Waals surface area contributed by atoms with Crippen molar-refractivity contribution in [3.63, 3.8) is 0 Å². The summed E-state index contributed by atoms with van der Waals surface area (Å²) in [4.78, 5) is 12.0. The number of furan rings is 1. The van der Waals surface area contributed by atoms with Gasteiger partial charge in [-0.2, -0.15) is 0 Å². The van der Waals surface area contributed by atoms with E-state index in [-0.39, 0.29) is 12.5 Å². The van der Waals surface area contributed by atoms with Crippen LogP contribution < -0.4 is 10.1 Å². The molecular formula is C21H17N3O4. The Balaban J connectivity index is 1.35. The van der Waals surface area contributed by atoms with Gasteiger partial charge in [-0.1, -0.05) is 18.2 Å². The maximum absolute atomic E-state index is 12.0. The van der Waals surface area contributed by atoms with Crippen LogP contribution in [0, 0.1) is 6.92 Å². The topological polar surface area (TPSA) is 90.4 Å². The smallest absolute Gasteiger partial charge is 0.258 e. The molecule has 0 atom stereocenters. The van der Waals surface area contributed by atoms with E-state index >= 15 is 0 Å². The van der Waals surface area contributed by atoms with Crippen molar-refractivity contribution < 1.29 is 18.4 Å². The molecule has 2 aromatic carbocycles. The summed E-state index contributed by atoms with van der Waals surface area (Å²) >= 11 is 0. The average Bonchev–Trinajstić information content (AvgIpc) is 3.40. The molecule has 0 spiro atoms. The summed E-state index contributed by atoms with van der Waals surface area (Å²) in [6.07, 6.45) is 2.84. The first-order valence-electron chi connectivity index (χ1n) is 8.64. The van der Waals surface area contributed by atoms with Crippen LogP contribution >= 0.6 is 0 Å². The quantitative estimate of drug-likeness (QED) is 0.535. The molecule has 4 aromatic rings. The second-order valence-electron chi connectivity index (χ2n) is 6.10. The lowest BCUT2D eigenvalue weighted by atomic mass is 10.1. The SMILES string of the molecule is Cc1ccccc1-c1nnc(COc2ccc(NC(=O)c3ccoc3)cc2)o1. The van der Waals surface area contributed by atoms with Crippen LogP contribution in [-0.2, 0) is 6.61 Å². The number of ether oxygens (including phenoxy) is 1. The van der Waals surface area contributed by atoms with Crippen molar-refractivity contribution in [2.75, 3.05) is 5.32 Å². The van der Waals surface area contributed by atoms with E-state index in [2.05, 4.69) is 15.5 Å². The Morgan fingerprint density at radius 1 is 1.07 bits per heavy atom. The Kier molecular flexibility index (Phi) is 4.88. The molecule has 0 fully saturated rings. The minimum Gasteiger partial charge on any atom is -0.484 e. The molecule has 28 heavy (non-hydrogen) atoms. The van der Waals surface area contributed by atoms with Gasteiger partial charge in [-0.3, -0.25) is 4.79 Å². The lowest BCUT2D eigenvalue weighted by Crippen LogP contribution is -2.10. The van der Waals surface area contributed by atoms with Gasteiger partial charge in [0.25, 0.3) is 11.8 Å². The van der Waals surface area contributed by atoms with E-state index < -0.39 is 0 Å². The van der Waals surface area contributed by atoms with Gasteiger partial charge in [-0.05, 0) is 48.9 Å². The van der Waals surface area contributed by atoms with Gasteiger partial charge in [0.15, 0.2) is 6.61 Å². The molecule has 0 saturated heterocycles. The average molecular weight is 375 g/mol. The summed E-state index contributed by atoms with van der Waals surface area (Å²) in [7, 11) is 0. The second-order valence-corrected chi connectivity index (χ2v) is 6.10. The zero-order valence-corrected chi connectivity index (χ0v) is 15.1. The van der Waals surface area contributed by atoms with Crippen molar-refractivity contribution >= 4 is 11.6 Å². The van der Waals surface area contributed by atoms with E-state index in [1.165, 1.54) is 12.5 Å². The normalized spacial score (nSPS) is 10.6. The molecule has 2 aromatic heterocycles. The molecule has 0 saturated carbocycles. The summed E-state index contributed by atoms with van der Waals surface area (Å²) < 4.78 is 16.3. The van der Waals surface area contributed by atoms with Gasteiger partial charge in [-0.15, -0.1) is 10.2 Å². The molecule has 4 rings (SSSR count). The minimum atomic E-state index is -0.239. The summed E-state index contributed by atoms with van der Waals surface area (Å²) in [6.45, 7) is 2.14. The predicted octanol–water partition coefficient (Wildman–Crippen LogP) is 4.47. The molecule has 0 aliphatic carbocycles. The number of amides is 1. The monoisotopic (exact) mass is 375 g/mol. The number of carbonyl (C=O) groups excluding carboxylic acids is 1. The predicted molar refractivity (Wildman–Crippen MR) is 102 cm³/mol. The number of hydrogen-bond donors (Lipinski definition) is 1. The third-order valence-corrected chi connectivity index (χ3v) is 4.10. The highest BCUT2D eigenvalue weighted by Gasteiger charge is 2.11. The maximum Gasteiger partial charge on any atom is 0.258 e. The van der Waals surface area contributed by atoms with E-state index in [0.717, 1.165) is 11.1 Å². The van der Waals surface area contributed by atoms with Crippen molar-refractivity contribution in [2.45, 2.75) is 13.5 Å². The van der Waals surface area contributed by atoms with E-state index in [4.69, 9.17) is 13.6 Å². The van der Waals surface area contributed by atoms with Gasteiger partial charge in [0.05, 0.1) is 11.8 Å². The zero-order valence-electron chi connectivity index (χ0n) is 15.1. The Labute approximate surface area is 161 Å². The minimum absolute atomic E-state index is 0.152. The van der Waals surface area contributed by atoms with Crippen LogP contribution in [0.4, 0.5) is 5.69 Å². The fourth-order valence-electron chi connectivity index (χ4n) is 2.61. The number of nitrogens with zero attached hydrogens (tertiary/aromatic N) is 2. The van der Waals surface area contributed by atoms with Crippen LogP contribution in [0.3, 0.4) is 0 Å². The maximum atomic E-state index is 12.0. The molecule has 1 amide bonds. The van der Waals surface area contributed by atoms with E-state index in [9.17, 15) is 4.79 Å². The Bertz CT molecular complexity index is 1070. The summed E-state index contributed by atoms with van der Waals surface area (Å²) in [6, 6.07) is 16.4. The van der Waals surface area contributed by atoms with Gasteiger partial charge >= 0.3 is 0 Å². The molecule has 2 heterocycles. The number of nitrogens with one attached hydrogen (secondary N) is 1. The Morgan fingerprint density at radius 2 is 1.89 bits per heavy atom. The molecule has 1 N–H and O–H groups in total. The third-order valence-electron chi connectivity index (χ3n) is 4.10. The molecular weight excluding hydrogens is 358 g/mol. The molecule has 0 radical (unpaired) electrons. The first kappa shape index (κ1) is 17.5. The van der Waals surface area contributed by atoms with Gasteiger partial charge in [0.1, 0.15) is 12.0 Å². The fourth-order valence-corrected chi connectivity index (χ4v) is 2.61. The Morgan fingerprint density at radius 3 is 2.64 bits per heavy atom. The van der Waals surface area contributed by atoms with Gasteiger partial charge < -0.3 is 18.9 Å². The van der Waals surface area contributed by atoms with E-state index in [1.807, 2.05) is 31.2 Å². The third kappa shape index (κ3) is 3.93. The van der Waals surface area contributed by atoms with Gasteiger partial charge in [-0.25, -0.2) is 0 Å². The summed E-state index contributed by atoms with van der Waals surface area (Å²) in [5.74, 6) is 1.23. The molecule has 140 valence electrons. The standard InChI is InChI=1S/C21H17N3O4/c1-14-4-2-3-5-18(14)21-24-23-19(28-21)13-27-17-8-6-16(7-9-17)22-20(25)15-10-11-26-12-15/h2-12H,13H2,1H3,(H,22,25). The molecule has 0 bridgehead atoms. The summed E-state index contributed by atoms with van der Waals surface area (Å²) in [5, 5.41) is 10.9. The van der Waals surface area contributed by atoms with E-state index in [1.54, 1.807) is 30.3 Å². The highest BCUT2D eigenvalue weighted by atomic mass is 16.5. The number of rotatable bonds is 6. The Hall–Kier alpha value is -3.87. The van der Waals surface area contributed by atoms with Crippen molar-refractivity contribution in [3.8, 4) is 17.2 Å². The number of aromatic nitrogens is 2. The van der Waals surface area contributed by atoms with Crippen molar-refractivity contribution in [2.24, 2.45) is 0 Å². The van der Waals surface area contributed by atoms with Gasteiger partial charge in [0, 0.05) is 11.3 Å². The van der Waals surface area contributed by atoms with Crippen LogP contribution in [0.2, 0.25) is 0 Å². The molecule has 0 aliphatic rings. The van der Waals surface area contributed by atoms with Crippen LogP contribution in [0.25, 0.3) is 11.5 Å². The number of hydrogen-bond acceptors (Lipinski definition) is 6. The first-order valence-corrected chi connectivity index (χ1v) is 8.64. The highest BCUT2D eigenvalue weighted by Crippen LogP contribution is 2.22. The van der Waals surface area contributed by atoms with Crippen LogP contribution in [0.5, 0.6) is 5.75 Å².